The molecule has 0 saturated carbocycles. The fourth-order valence-electron chi connectivity index (χ4n) is 0.544. The summed E-state index contributed by atoms with van der Waals surface area (Å²) < 4.78 is 4.40. The quantitative estimate of drug-likeness (QED) is 0.543. The van der Waals surface area contributed by atoms with Crippen LogP contribution in [0, 0.1) is 0 Å². The molecule has 0 aromatic carbocycles. The molecule has 0 rings (SSSR count). The highest BCUT2D eigenvalue weighted by atomic mass is 16.5. The smallest absolute Gasteiger partial charge is 0.330 e. The highest BCUT2D eigenvalue weighted by Gasteiger charge is 1.94. The lowest BCUT2D eigenvalue weighted by Crippen LogP contribution is -2.00. The second-order valence-electron chi connectivity index (χ2n) is 2.57. The molecule has 0 saturated heterocycles. The summed E-state index contributed by atoms with van der Waals surface area (Å²) in [6.07, 6.45) is 2.62. The van der Waals surface area contributed by atoms with Crippen molar-refractivity contribution in [3.63, 3.8) is 0 Å². The summed E-state index contributed by atoms with van der Waals surface area (Å²) in [7, 11) is 0. The third-order valence-electron chi connectivity index (χ3n) is 1.11. The van der Waals surface area contributed by atoms with E-state index in [2.05, 4.69) is 4.74 Å². The molecule has 0 aliphatic carbocycles. The molecule has 0 unspecified atom stereocenters. The lowest BCUT2D eigenvalue weighted by atomic mass is 10.4. The Morgan fingerprint density at radius 2 is 1.69 bits per heavy atom. The molecule has 6 heteroatoms. The molecule has 0 spiro atoms. The summed E-state index contributed by atoms with van der Waals surface area (Å²) in [5, 5.41) is 15.9. The second kappa shape index (κ2) is 11.2. The molecule has 0 amide bonds. The average molecular weight is 232 g/mol. The predicted octanol–water partition coefficient (Wildman–Crippen LogP) is 1.06. The Balaban J connectivity index is 0. The third kappa shape index (κ3) is 18.0. The van der Waals surface area contributed by atoms with E-state index in [4.69, 9.17) is 10.2 Å². The second-order valence-corrected chi connectivity index (χ2v) is 2.57. The molecule has 0 aliphatic heterocycles. The van der Waals surface area contributed by atoms with Crippen LogP contribution in [0.4, 0.5) is 0 Å². The van der Waals surface area contributed by atoms with Gasteiger partial charge in [0.1, 0.15) is 0 Å². The topological polar surface area (TPSA) is 101 Å². The van der Waals surface area contributed by atoms with E-state index in [0.29, 0.717) is 6.42 Å². The van der Waals surface area contributed by atoms with Gasteiger partial charge < -0.3 is 14.9 Å². The normalized spacial score (nSPS) is 9.12. The van der Waals surface area contributed by atoms with E-state index < -0.39 is 17.9 Å². The maximum Gasteiger partial charge on any atom is 0.330 e. The lowest BCUT2D eigenvalue weighted by Gasteiger charge is -1.92. The van der Waals surface area contributed by atoms with E-state index >= 15 is 0 Å². The molecular weight excluding hydrogens is 216 g/mol. The first-order chi connectivity index (χ1) is 7.43. The van der Waals surface area contributed by atoms with Gasteiger partial charge in [0.2, 0.25) is 0 Å². The van der Waals surface area contributed by atoms with Crippen LogP contribution < -0.4 is 0 Å². The van der Waals surface area contributed by atoms with Crippen LogP contribution in [0.25, 0.3) is 0 Å². The van der Waals surface area contributed by atoms with Crippen molar-refractivity contribution < 1.29 is 29.3 Å². The van der Waals surface area contributed by atoms with Gasteiger partial charge in [0.15, 0.2) is 0 Å². The van der Waals surface area contributed by atoms with Gasteiger partial charge >= 0.3 is 17.9 Å². The largest absolute Gasteiger partial charge is 0.481 e. The summed E-state index contributed by atoms with van der Waals surface area (Å²) >= 11 is 0. The Hall–Kier alpha value is -1.85. The Labute approximate surface area is 93.5 Å². The Kier molecular flexibility index (Phi) is 11.6. The maximum atomic E-state index is 10.4. The number of rotatable bonds is 5. The lowest BCUT2D eigenvalue weighted by molar-refractivity contribution is -0.138. The van der Waals surface area contributed by atoms with Gasteiger partial charge in [-0.05, 0) is 13.3 Å². The molecule has 0 atom stereocenters. The fraction of sp³-hybridized carbons (Fsp3) is 0.500. The summed E-state index contributed by atoms with van der Waals surface area (Å²) in [6.45, 7) is 3.74. The van der Waals surface area contributed by atoms with E-state index in [0.717, 1.165) is 18.6 Å². The van der Waals surface area contributed by atoms with Gasteiger partial charge in [0.05, 0.1) is 6.61 Å². The minimum atomic E-state index is -1.16. The van der Waals surface area contributed by atoms with Crippen molar-refractivity contribution in [3.05, 3.63) is 12.2 Å². The van der Waals surface area contributed by atoms with Gasteiger partial charge in [-0.15, -0.1) is 0 Å². The average Bonchev–Trinajstić information content (AvgIpc) is 2.16. The van der Waals surface area contributed by atoms with Gasteiger partial charge in [0.25, 0.3) is 0 Å². The Bertz CT molecular complexity index is 256. The number of carbonyl (C=O) groups is 3. The number of aliphatic carboxylic acids is 2. The van der Waals surface area contributed by atoms with E-state index in [1.165, 1.54) is 0 Å². The monoisotopic (exact) mass is 232 g/mol. The Morgan fingerprint density at radius 1 is 1.12 bits per heavy atom. The van der Waals surface area contributed by atoms with Crippen LogP contribution in [0.2, 0.25) is 0 Å². The number of hydrogen-bond donors (Lipinski definition) is 2. The zero-order chi connectivity index (χ0) is 13.0. The van der Waals surface area contributed by atoms with Crippen molar-refractivity contribution in [2.45, 2.75) is 26.7 Å². The molecule has 92 valence electrons. The minimum Gasteiger partial charge on any atom is -0.481 e. The van der Waals surface area contributed by atoms with Crippen LogP contribution in [-0.4, -0.2) is 34.7 Å². The first-order valence-electron chi connectivity index (χ1n) is 4.73. The predicted molar refractivity (Wildman–Crippen MR) is 56.0 cm³/mol. The molecular formula is C10H16O6. The SMILES string of the molecule is CCCC(=O)O.CCOC(=O)/C=C\C(=O)O. The maximum absolute atomic E-state index is 10.4. The molecule has 0 fully saturated rings. The number of carboxylic acid groups (broad SMARTS) is 2. The highest BCUT2D eigenvalue weighted by Crippen LogP contribution is 1.82. The molecule has 16 heavy (non-hydrogen) atoms. The van der Waals surface area contributed by atoms with Crippen molar-refractivity contribution in [2.24, 2.45) is 0 Å². The molecule has 0 heterocycles. The van der Waals surface area contributed by atoms with Crippen LogP contribution in [0.15, 0.2) is 12.2 Å². The van der Waals surface area contributed by atoms with Gasteiger partial charge in [-0.1, -0.05) is 6.92 Å². The van der Waals surface area contributed by atoms with Gasteiger partial charge in [0, 0.05) is 18.6 Å². The summed E-state index contributed by atoms with van der Waals surface area (Å²) in [5.74, 6) is -2.50. The molecule has 0 aromatic rings. The van der Waals surface area contributed by atoms with Gasteiger partial charge in [-0.3, -0.25) is 4.79 Å². The molecule has 6 nitrogen and oxygen atoms in total. The summed E-state index contributed by atoms with van der Waals surface area (Å²) in [4.78, 5) is 29.8. The zero-order valence-electron chi connectivity index (χ0n) is 9.30. The standard InChI is InChI=1S/C6H8O4.C4H8O2/c1-2-10-6(9)4-3-5(7)8;1-2-3-4(5)6/h3-4H,2H2,1H3,(H,7,8);2-3H2,1H3,(H,5,6)/b4-3-;. The van der Waals surface area contributed by atoms with Crippen molar-refractivity contribution in [1.29, 1.82) is 0 Å². The van der Waals surface area contributed by atoms with Crippen LogP contribution in [0.5, 0.6) is 0 Å². The highest BCUT2D eigenvalue weighted by molar-refractivity contribution is 5.90. The van der Waals surface area contributed by atoms with Crippen molar-refractivity contribution >= 4 is 17.9 Å². The van der Waals surface area contributed by atoms with Crippen LogP contribution >= 0.6 is 0 Å². The number of carboxylic acids is 2. The Morgan fingerprint density at radius 3 is 1.94 bits per heavy atom. The molecule has 0 radical (unpaired) electrons. The van der Waals surface area contributed by atoms with Gasteiger partial charge in [-0.25, -0.2) is 9.59 Å². The number of carbonyl (C=O) groups excluding carboxylic acids is 1. The fourth-order valence-corrected chi connectivity index (χ4v) is 0.544. The summed E-state index contributed by atoms with van der Waals surface area (Å²) in [6, 6.07) is 0. The van der Waals surface area contributed by atoms with Crippen LogP contribution in [-0.2, 0) is 19.1 Å². The number of ether oxygens (including phenoxy) is 1. The first-order valence-corrected chi connectivity index (χ1v) is 4.73. The van der Waals surface area contributed by atoms with E-state index in [-0.39, 0.29) is 6.61 Å². The molecule has 2 N–H and O–H groups in total. The van der Waals surface area contributed by atoms with Crippen molar-refractivity contribution in [2.75, 3.05) is 6.61 Å². The number of hydrogen-bond acceptors (Lipinski definition) is 4. The third-order valence-corrected chi connectivity index (χ3v) is 1.11. The molecule has 0 bridgehead atoms. The van der Waals surface area contributed by atoms with Crippen molar-refractivity contribution in [3.8, 4) is 0 Å². The molecule has 0 aromatic heterocycles. The molecule has 0 aliphatic rings. The van der Waals surface area contributed by atoms with E-state index in [1.807, 2.05) is 6.92 Å². The first kappa shape index (κ1) is 16.6. The zero-order valence-corrected chi connectivity index (χ0v) is 9.30. The van der Waals surface area contributed by atoms with E-state index in [1.54, 1.807) is 6.92 Å². The van der Waals surface area contributed by atoms with E-state index in [9.17, 15) is 14.4 Å². The van der Waals surface area contributed by atoms with Crippen LogP contribution in [0.3, 0.4) is 0 Å². The minimum absolute atomic E-state index is 0.253. The van der Waals surface area contributed by atoms with Gasteiger partial charge in [-0.2, -0.15) is 0 Å². The number of esters is 1. The van der Waals surface area contributed by atoms with Crippen LogP contribution in [0.1, 0.15) is 26.7 Å². The van der Waals surface area contributed by atoms with Crippen molar-refractivity contribution in [1.82, 2.24) is 0 Å². The summed E-state index contributed by atoms with van der Waals surface area (Å²) in [5.41, 5.74) is 0.